The van der Waals surface area contributed by atoms with Gasteiger partial charge in [-0.3, -0.25) is 5.10 Å². The Morgan fingerprint density at radius 2 is 1.70 bits per heavy atom. The van der Waals surface area contributed by atoms with Gasteiger partial charge < -0.3 is 15.1 Å². The second kappa shape index (κ2) is 7.57. The van der Waals surface area contributed by atoms with Crippen molar-refractivity contribution in [2.45, 2.75) is 6.92 Å². The fraction of sp³-hybridized carbons (Fsp3) is 0.0500. The first-order valence-corrected chi connectivity index (χ1v) is 8.46. The van der Waals surface area contributed by atoms with E-state index >= 15 is 0 Å². The van der Waals surface area contributed by atoms with E-state index in [-0.39, 0.29) is 0 Å². The van der Waals surface area contributed by atoms with Gasteiger partial charge in [0.1, 0.15) is 11.6 Å². The summed E-state index contributed by atoms with van der Waals surface area (Å²) in [7, 11) is 0. The van der Waals surface area contributed by atoms with E-state index < -0.39 is 0 Å². The van der Waals surface area contributed by atoms with Crippen LogP contribution in [0.25, 0.3) is 12.2 Å². The standard InChI is InChI=1S/C20H18N6O/c1-14-12-19(26-25-14)23-17-13-18(24-20-8-5-11-27-20)22-16(21-17)10-9-15-6-3-2-4-7-15/h2-13H,1H3,(H3,21,22,23,24,25,26). The molecule has 7 heteroatoms. The molecule has 0 saturated carbocycles. The summed E-state index contributed by atoms with van der Waals surface area (Å²) in [6, 6.07) is 17.3. The average molecular weight is 358 g/mol. The van der Waals surface area contributed by atoms with E-state index in [0.29, 0.717) is 29.2 Å². The molecule has 0 aliphatic heterocycles. The molecule has 0 radical (unpaired) electrons. The lowest BCUT2D eigenvalue weighted by Crippen LogP contribution is -2.01. The summed E-state index contributed by atoms with van der Waals surface area (Å²) >= 11 is 0. The maximum atomic E-state index is 5.34. The molecule has 3 aromatic heterocycles. The molecule has 0 bridgehead atoms. The number of rotatable bonds is 6. The highest BCUT2D eigenvalue weighted by Gasteiger charge is 2.07. The molecule has 0 amide bonds. The van der Waals surface area contributed by atoms with Crippen molar-refractivity contribution in [3.05, 3.63) is 77.9 Å². The second-order valence-electron chi connectivity index (χ2n) is 5.90. The number of hydrogen-bond acceptors (Lipinski definition) is 6. The number of anilines is 4. The molecule has 134 valence electrons. The van der Waals surface area contributed by atoms with Gasteiger partial charge in [-0.05, 0) is 24.6 Å². The molecule has 0 aliphatic rings. The summed E-state index contributed by atoms with van der Waals surface area (Å²) in [6.07, 6.45) is 5.43. The fourth-order valence-corrected chi connectivity index (χ4v) is 2.49. The van der Waals surface area contributed by atoms with Gasteiger partial charge in [0.25, 0.3) is 0 Å². The molecule has 0 saturated heterocycles. The summed E-state index contributed by atoms with van der Waals surface area (Å²) in [5, 5.41) is 13.4. The topological polar surface area (TPSA) is 91.7 Å². The van der Waals surface area contributed by atoms with Crippen LogP contribution in [0.4, 0.5) is 23.3 Å². The molecule has 3 heterocycles. The first-order valence-electron chi connectivity index (χ1n) is 8.46. The summed E-state index contributed by atoms with van der Waals surface area (Å²) in [5.74, 6) is 3.09. The first-order chi connectivity index (χ1) is 13.2. The van der Waals surface area contributed by atoms with Crippen LogP contribution in [-0.4, -0.2) is 20.2 Å². The van der Waals surface area contributed by atoms with Crippen molar-refractivity contribution in [3.63, 3.8) is 0 Å². The number of aromatic nitrogens is 4. The summed E-state index contributed by atoms with van der Waals surface area (Å²) < 4.78 is 5.34. The van der Waals surface area contributed by atoms with Crippen LogP contribution in [0.15, 0.2) is 65.3 Å². The monoisotopic (exact) mass is 358 g/mol. The molecule has 4 aromatic rings. The Kier molecular flexibility index (Phi) is 4.65. The molecule has 7 nitrogen and oxygen atoms in total. The van der Waals surface area contributed by atoms with Crippen LogP contribution < -0.4 is 10.6 Å². The van der Waals surface area contributed by atoms with Gasteiger partial charge in [0, 0.05) is 23.9 Å². The normalized spacial score (nSPS) is 11.0. The van der Waals surface area contributed by atoms with E-state index in [9.17, 15) is 0 Å². The number of aryl methyl sites for hydroxylation is 1. The van der Waals surface area contributed by atoms with Crippen molar-refractivity contribution in [1.82, 2.24) is 20.2 Å². The van der Waals surface area contributed by atoms with Gasteiger partial charge in [-0.1, -0.05) is 36.4 Å². The second-order valence-corrected chi connectivity index (χ2v) is 5.90. The largest absolute Gasteiger partial charge is 0.449 e. The molecular weight excluding hydrogens is 340 g/mol. The van der Waals surface area contributed by atoms with Crippen LogP contribution in [0.3, 0.4) is 0 Å². The van der Waals surface area contributed by atoms with E-state index in [2.05, 4.69) is 30.8 Å². The van der Waals surface area contributed by atoms with E-state index in [4.69, 9.17) is 4.42 Å². The Morgan fingerprint density at radius 3 is 2.41 bits per heavy atom. The van der Waals surface area contributed by atoms with Crippen LogP contribution >= 0.6 is 0 Å². The number of nitrogens with zero attached hydrogens (tertiary/aromatic N) is 3. The Labute approximate surface area is 156 Å². The highest BCUT2D eigenvalue weighted by atomic mass is 16.3. The van der Waals surface area contributed by atoms with Crippen molar-refractivity contribution in [1.29, 1.82) is 0 Å². The van der Waals surface area contributed by atoms with Gasteiger partial charge in [0.05, 0.1) is 6.26 Å². The highest BCUT2D eigenvalue weighted by molar-refractivity contribution is 5.69. The van der Waals surface area contributed by atoms with Crippen LogP contribution in [0.5, 0.6) is 0 Å². The number of nitrogens with one attached hydrogen (secondary N) is 3. The summed E-state index contributed by atoms with van der Waals surface area (Å²) in [4.78, 5) is 9.08. The molecule has 0 fully saturated rings. The molecule has 0 spiro atoms. The number of furan rings is 1. The average Bonchev–Trinajstić information content (AvgIpc) is 3.32. The smallest absolute Gasteiger partial charge is 0.198 e. The molecule has 0 atom stereocenters. The van der Waals surface area contributed by atoms with Gasteiger partial charge in [-0.2, -0.15) is 5.10 Å². The summed E-state index contributed by atoms with van der Waals surface area (Å²) in [6.45, 7) is 1.94. The van der Waals surface area contributed by atoms with Gasteiger partial charge in [0.2, 0.25) is 0 Å². The maximum Gasteiger partial charge on any atom is 0.198 e. The number of aromatic amines is 1. The van der Waals surface area contributed by atoms with Crippen LogP contribution in [0.1, 0.15) is 17.1 Å². The van der Waals surface area contributed by atoms with Crippen molar-refractivity contribution < 1.29 is 4.42 Å². The molecule has 4 rings (SSSR count). The lowest BCUT2D eigenvalue weighted by atomic mass is 10.2. The van der Waals surface area contributed by atoms with Gasteiger partial charge in [-0.15, -0.1) is 0 Å². The number of hydrogen-bond donors (Lipinski definition) is 3. The van der Waals surface area contributed by atoms with E-state index in [1.54, 1.807) is 12.3 Å². The van der Waals surface area contributed by atoms with E-state index in [1.807, 2.05) is 67.6 Å². The Hall–Kier alpha value is -3.87. The minimum Gasteiger partial charge on any atom is -0.449 e. The number of H-pyrrole nitrogens is 1. The van der Waals surface area contributed by atoms with Gasteiger partial charge >= 0.3 is 0 Å². The Balaban J connectivity index is 1.64. The van der Waals surface area contributed by atoms with Crippen LogP contribution in [0.2, 0.25) is 0 Å². The Bertz CT molecular complexity index is 1040. The predicted octanol–water partition coefficient (Wildman–Crippen LogP) is 4.76. The lowest BCUT2D eigenvalue weighted by Gasteiger charge is -2.07. The molecule has 3 N–H and O–H groups in total. The maximum absolute atomic E-state index is 5.34. The van der Waals surface area contributed by atoms with E-state index in [1.165, 1.54) is 0 Å². The highest BCUT2D eigenvalue weighted by Crippen LogP contribution is 2.21. The predicted molar refractivity (Wildman–Crippen MR) is 106 cm³/mol. The zero-order valence-corrected chi connectivity index (χ0v) is 14.7. The minimum atomic E-state index is 0.560. The van der Waals surface area contributed by atoms with Gasteiger partial charge in [-0.25, -0.2) is 9.97 Å². The third kappa shape index (κ3) is 4.40. The van der Waals surface area contributed by atoms with E-state index in [0.717, 1.165) is 11.3 Å². The van der Waals surface area contributed by atoms with Crippen molar-refractivity contribution in [3.8, 4) is 0 Å². The fourth-order valence-electron chi connectivity index (χ4n) is 2.49. The van der Waals surface area contributed by atoms with Crippen molar-refractivity contribution in [2.75, 3.05) is 10.6 Å². The zero-order valence-electron chi connectivity index (χ0n) is 14.7. The Morgan fingerprint density at radius 1 is 0.889 bits per heavy atom. The molecular formula is C20H18N6O. The SMILES string of the molecule is Cc1cc(Nc2cc(Nc3ccco3)nc(C=Cc3ccccc3)n2)n[nH]1. The third-order valence-electron chi connectivity index (χ3n) is 3.70. The molecule has 27 heavy (non-hydrogen) atoms. The zero-order chi connectivity index (χ0) is 18.5. The summed E-state index contributed by atoms with van der Waals surface area (Å²) in [5.41, 5.74) is 2.03. The lowest BCUT2D eigenvalue weighted by molar-refractivity contribution is 0.585. The molecule has 0 unspecified atom stereocenters. The van der Waals surface area contributed by atoms with Crippen LogP contribution in [0, 0.1) is 6.92 Å². The minimum absolute atomic E-state index is 0.560. The van der Waals surface area contributed by atoms with Crippen molar-refractivity contribution >= 4 is 35.5 Å². The van der Waals surface area contributed by atoms with Crippen LogP contribution in [-0.2, 0) is 0 Å². The first kappa shape index (κ1) is 16.6. The molecule has 1 aromatic carbocycles. The third-order valence-corrected chi connectivity index (χ3v) is 3.70. The molecule has 0 aliphatic carbocycles. The quantitative estimate of drug-likeness (QED) is 0.460. The van der Waals surface area contributed by atoms with Gasteiger partial charge in [0.15, 0.2) is 17.5 Å². The number of benzene rings is 1. The van der Waals surface area contributed by atoms with Crippen molar-refractivity contribution in [2.24, 2.45) is 0 Å².